The number of aryl methyl sites for hydroxylation is 1. The van der Waals surface area contributed by atoms with E-state index in [1.165, 1.54) is 32.1 Å². The van der Waals surface area contributed by atoms with Crippen LogP contribution in [0.15, 0.2) is 15.0 Å². The van der Waals surface area contributed by atoms with Crippen molar-refractivity contribution >= 4 is 31.9 Å². The number of halogens is 2. The van der Waals surface area contributed by atoms with Crippen LogP contribution in [0, 0.1) is 6.92 Å². The molecule has 1 aliphatic carbocycles. The number of fused-ring (bicyclic) bond motifs is 1. The van der Waals surface area contributed by atoms with E-state index < -0.39 is 0 Å². The van der Waals surface area contributed by atoms with E-state index >= 15 is 0 Å². The predicted molar refractivity (Wildman–Crippen MR) is 84.0 cm³/mol. The molecule has 0 spiro atoms. The zero-order valence-electron chi connectivity index (χ0n) is 10.5. The van der Waals surface area contributed by atoms with E-state index in [0.29, 0.717) is 0 Å². The molecule has 1 aromatic carbocycles. The fourth-order valence-electron chi connectivity index (χ4n) is 3.54. The average Bonchev–Trinajstić information content (AvgIpc) is 2.27. The maximum Gasteiger partial charge on any atom is 0.0358 e. The van der Waals surface area contributed by atoms with Crippen molar-refractivity contribution in [2.75, 3.05) is 0 Å². The SMILES string of the molecule is C.Cc1cc(Br)c(Br)c2c1C(C)(C)CC2(C)C. The molecule has 96 valence electrons. The van der Waals surface area contributed by atoms with Crippen molar-refractivity contribution in [1.82, 2.24) is 0 Å². The Bertz CT molecular complexity index is 456. The fourth-order valence-corrected chi connectivity index (χ4v) is 4.93. The highest BCUT2D eigenvalue weighted by atomic mass is 79.9. The molecule has 0 unspecified atom stereocenters. The zero-order valence-corrected chi connectivity index (χ0v) is 13.7. The summed E-state index contributed by atoms with van der Waals surface area (Å²) < 4.78 is 2.42. The van der Waals surface area contributed by atoms with Crippen molar-refractivity contribution in [3.05, 3.63) is 31.7 Å². The first-order valence-corrected chi connectivity index (χ1v) is 7.25. The molecular formula is C15H22Br2. The van der Waals surface area contributed by atoms with Gasteiger partial charge in [-0.2, -0.15) is 0 Å². The molecule has 0 fully saturated rings. The third-order valence-electron chi connectivity index (χ3n) is 3.65. The van der Waals surface area contributed by atoms with Gasteiger partial charge in [0.15, 0.2) is 0 Å². The van der Waals surface area contributed by atoms with Gasteiger partial charge in [-0.1, -0.05) is 35.1 Å². The summed E-state index contributed by atoms with van der Waals surface area (Å²) in [6, 6.07) is 2.23. The largest absolute Gasteiger partial charge is 0.0776 e. The summed E-state index contributed by atoms with van der Waals surface area (Å²) in [6.07, 6.45) is 1.21. The Hall–Kier alpha value is 0.180. The van der Waals surface area contributed by atoms with Crippen LogP contribution in [0.1, 0.15) is 58.2 Å². The lowest BCUT2D eigenvalue weighted by molar-refractivity contribution is 0.402. The zero-order chi connectivity index (χ0) is 12.3. The minimum Gasteiger partial charge on any atom is -0.0776 e. The summed E-state index contributed by atoms with van der Waals surface area (Å²) in [5.74, 6) is 0. The van der Waals surface area contributed by atoms with Crippen molar-refractivity contribution in [3.63, 3.8) is 0 Å². The summed E-state index contributed by atoms with van der Waals surface area (Å²) >= 11 is 7.39. The number of hydrogen-bond acceptors (Lipinski definition) is 0. The van der Waals surface area contributed by atoms with Crippen LogP contribution < -0.4 is 0 Å². The lowest BCUT2D eigenvalue weighted by Gasteiger charge is -2.23. The minimum atomic E-state index is 0. The summed E-state index contributed by atoms with van der Waals surface area (Å²) in [5, 5.41) is 0. The van der Waals surface area contributed by atoms with Crippen molar-refractivity contribution in [1.29, 1.82) is 0 Å². The Labute approximate surface area is 122 Å². The Morgan fingerprint density at radius 2 is 1.47 bits per heavy atom. The third-order valence-corrected chi connectivity index (χ3v) is 5.64. The van der Waals surface area contributed by atoms with Gasteiger partial charge in [0.2, 0.25) is 0 Å². The van der Waals surface area contributed by atoms with Crippen LogP contribution in [-0.4, -0.2) is 0 Å². The van der Waals surface area contributed by atoms with Crippen molar-refractivity contribution in [3.8, 4) is 0 Å². The maximum atomic E-state index is 3.75. The highest BCUT2D eigenvalue weighted by Gasteiger charge is 2.44. The second-order valence-electron chi connectivity index (χ2n) is 6.18. The fraction of sp³-hybridized carbons (Fsp3) is 0.600. The van der Waals surface area contributed by atoms with Crippen LogP contribution in [0.4, 0.5) is 0 Å². The standard InChI is InChI=1S/C14H18Br2.CH4/c1-8-6-9(15)12(16)11-10(8)13(2,3)7-14(11,4)5;/h6H,7H2,1-5H3;1H4. The van der Waals surface area contributed by atoms with Gasteiger partial charge in [0.05, 0.1) is 0 Å². The molecule has 0 bridgehead atoms. The smallest absolute Gasteiger partial charge is 0.0358 e. The highest BCUT2D eigenvalue weighted by Crippen LogP contribution is 2.54. The molecule has 2 rings (SSSR count). The highest BCUT2D eigenvalue weighted by molar-refractivity contribution is 9.13. The van der Waals surface area contributed by atoms with Gasteiger partial charge in [0.25, 0.3) is 0 Å². The monoisotopic (exact) mass is 360 g/mol. The minimum absolute atomic E-state index is 0. The molecule has 2 heteroatoms. The molecule has 0 heterocycles. The first-order chi connectivity index (χ1) is 7.17. The first kappa shape index (κ1) is 15.2. The lowest BCUT2D eigenvalue weighted by atomic mass is 9.81. The predicted octanol–water partition coefficient (Wildman–Crippen LogP) is 6.12. The molecule has 0 saturated heterocycles. The van der Waals surface area contributed by atoms with Crippen molar-refractivity contribution < 1.29 is 0 Å². The van der Waals surface area contributed by atoms with E-state index in [1.807, 2.05) is 0 Å². The average molecular weight is 362 g/mol. The van der Waals surface area contributed by atoms with Crippen molar-refractivity contribution in [2.45, 2.75) is 59.3 Å². The molecule has 17 heavy (non-hydrogen) atoms. The second kappa shape index (κ2) is 4.38. The number of benzene rings is 1. The van der Waals surface area contributed by atoms with E-state index in [9.17, 15) is 0 Å². The molecule has 1 aliphatic rings. The van der Waals surface area contributed by atoms with Crippen molar-refractivity contribution in [2.24, 2.45) is 0 Å². The summed E-state index contributed by atoms with van der Waals surface area (Å²) in [4.78, 5) is 0. The summed E-state index contributed by atoms with van der Waals surface area (Å²) in [6.45, 7) is 11.6. The maximum absolute atomic E-state index is 3.75. The van der Waals surface area contributed by atoms with E-state index in [4.69, 9.17) is 0 Å². The van der Waals surface area contributed by atoms with E-state index in [0.717, 1.165) is 0 Å². The molecule has 0 aromatic heterocycles. The van der Waals surface area contributed by atoms with Gasteiger partial charge in [0.1, 0.15) is 0 Å². The van der Waals surface area contributed by atoms with Gasteiger partial charge >= 0.3 is 0 Å². The Morgan fingerprint density at radius 3 is 2.00 bits per heavy atom. The molecule has 0 saturated carbocycles. The van der Waals surface area contributed by atoms with Crippen LogP contribution in [0.5, 0.6) is 0 Å². The quantitative estimate of drug-likeness (QED) is 0.522. The number of rotatable bonds is 0. The van der Waals surface area contributed by atoms with Gasteiger partial charge < -0.3 is 0 Å². The first-order valence-electron chi connectivity index (χ1n) is 5.66. The molecule has 0 radical (unpaired) electrons. The lowest BCUT2D eigenvalue weighted by Crippen LogP contribution is -2.18. The summed E-state index contributed by atoms with van der Waals surface area (Å²) in [5.41, 5.74) is 4.97. The topological polar surface area (TPSA) is 0 Å². The van der Waals surface area contributed by atoms with E-state index in [1.54, 1.807) is 0 Å². The molecule has 0 amide bonds. The van der Waals surface area contributed by atoms with Gasteiger partial charge in [-0.15, -0.1) is 0 Å². The van der Waals surface area contributed by atoms with Gasteiger partial charge in [0, 0.05) is 8.95 Å². The van der Waals surface area contributed by atoms with Crippen LogP contribution in [0.3, 0.4) is 0 Å². The van der Waals surface area contributed by atoms with Crippen LogP contribution in [0.25, 0.3) is 0 Å². The molecular weight excluding hydrogens is 340 g/mol. The Balaban J connectivity index is 0.00000144. The number of hydrogen-bond donors (Lipinski definition) is 0. The third kappa shape index (κ3) is 2.23. The van der Waals surface area contributed by atoms with Crippen LogP contribution >= 0.6 is 31.9 Å². The molecule has 1 aromatic rings. The van der Waals surface area contributed by atoms with Gasteiger partial charge in [-0.3, -0.25) is 0 Å². The van der Waals surface area contributed by atoms with Gasteiger partial charge in [-0.25, -0.2) is 0 Å². The normalized spacial score (nSPS) is 19.7. The molecule has 0 nitrogen and oxygen atoms in total. The molecule has 0 N–H and O–H groups in total. The second-order valence-corrected chi connectivity index (χ2v) is 7.83. The van der Waals surface area contributed by atoms with Crippen LogP contribution in [-0.2, 0) is 10.8 Å². The van der Waals surface area contributed by atoms with Crippen LogP contribution in [0.2, 0.25) is 0 Å². The summed E-state index contributed by atoms with van der Waals surface area (Å²) in [7, 11) is 0. The molecule has 0 atom stereocenters. The van der Waals surface area contributed by atoms with E-state index in [2.05, 4.69) is 72.5 Å². The Kier molecular flexibility index (Phi) is 3.92. The van der Waals surface area contributed by atoms with E-state index in [-0.39, 0.29) is 18.3 Å². The molecule has 0 aliphatic heterocycles. The Morgan fingerprint density at radius 1 is 1.00 bits per heavy atom. The van der Waals surface area contributed by atoms with Gasteiger partial charge in [-0.05, 0) is 78.8 Å².